The van der Waals surface area contributed by atoms with E-state index in [9.17, 15) is 10.0 Å². The number of allylic oxidation sites excluding steroid dienone is 1. The van der Waals surface area contributed by atoms with Crippen LogP contribution in [0.15, 0.2) is 42.5 Å². The molecule has 126 valence electrons. The van der Waals surface area contributed by atoms with Crippen LogP contribution in [0.2, 0.25) is 0 Å². The highest BCUT2D eigenvalue weighted by molar-refractivity contribution is 5.90. The lowest BCUT2D eigenvalue weighted by Crippen LogP contribution is -2.48. The molecule has 0 aliphatic carbocycles. The third kappa shape index (κ3) is 3.07. The molecular weight excluding hydrogens is 302 g/mol. The van der Waals surface area contributed by atoms with Crippen molar-refractivity contribution >= 4 is 22.5 Å². The lowest BCUT2D eigenvalue weighted by Gasteiger charge is -2.35. The second-order valence-corrected chi connectivity index (χ2v) is 6.12. The number of piperazine rings is 1. The Morgan fingerprint density at radius 2 is 1.96 bits per heavy atom. The van der Waals surface area contributed by atoms with Crippen LogP contribution in [0.4, 0.5) is 5.69 Å². The summed E-state index contributed by atoms with van der Waals surface area (Å²) in [6.07, 6.45) is 4.46. The Morgan fingerprint density at radius 1 is 1.25 bits per heavy atom. The van der Waals surface area contributed by atoms with Gasteiger partial charge in [0.2, 0.25) is 11.6 Å². The molecule has 1 N–H and O–H groups in total. The average Bonchev–Trinajstić information content (AvgIpc) is 2.63. The Hall–Kier alpha value is -2.56. The van der Waals surface area contributed by atoms with E-state index < -0.39 is 0 Å². The quantitative estimate of drug-likeness (QED) is 0.535. The molecule has 5 heteroatoms. The van der Waals surface area contributed by atoms with E-state index in [4.69, 9.17) is 0 Å². The summed E-state index contributed by atoms with van der Waals surface area (Å²) in [6, 6.07) is 9.86. The molecule has 1 saturated heterocycles. The van der Waals surface area contributed by atoms with Crippen LogP contribution < -0.4 is 9.63 Å². The minimum Gasteiger partial charge on any atom is -0.367 e. The van der Waals surface area contributed by atoms with Crippen molar-refractivity contribution in [3.05, 3.63) is 48.2 Å². The number of fused-ring (bicyclic) bond motifs is 1. The number of amides is 1. The lowest BCUT2D eigenvalue weighted by atomic mass is 10.1. The summed E-state index contributed by atoms with van der Waals surface area (Å²) in [6.45, 7) is 6.95. The summed E-state index contributed by atoms with van der Waals surface area (Å²) in [7, 11) is 0. The van der Waals surface area contributed by atoms with Crippen molar-refractivity contribution in [2.24, 2.45) is 0 Å². The molecule has 1 amide bonds. The van der Waals surface area contributed by atoms with Gasteiger partial charge in [0, 0.05) is 50.0 Å². The third-order valence-electron chi connectivity index (χ3n) is 4.52. The van der Waals surface area contributed by atoms with Crippen LogP contribution in [-0.4, -0.2) is 42.2 Å². The van der Waals surface area contributed by atoms with Crippen molar-refractivity contribution in [3.8, 4) is 0 Å². The predicted octanol–water partition coefficient (Wildman–Crippen LogP) is 2.29. The van der Waals surface area contributed by atoms with Gasteiger partial charge < -0.3 is 9.80 Å². The normalized spacial score (nSPS) is 15.4. The van der Waals surface area contributed by atoms with E-state index in [2.05, 4.69) is 4.90 Å². The van der Waals surface area contributed by atoms with Crippen molar-refractivity contribution in [3.63, 3.8) is 0 Å². The van der Waals surface area contributed by atoms with Gasteiger partial charge in [-0.2, -0.15) is 0 Å². The first kappa shape index (κ1) is 16.3. The summed E-state index contributed by atoms with van der Waals surface area (Å²) in [5.74, 6) is 0.0961. The highest BCUT2D eigenvalue weighted by Gasteiger charge is 2.24. The zero-order valence-corrected chi connectivity index (χ0v) is 14.3. The van der Waals surface area contributed by atoms with Gasteiger partial charge in [0.15, 0.2) is 0 Å². The second-order valence-electron chi connectivity index (χ2n) is 6.12. The molecule has 1 fully saturated rings. The summed E-state index contributed by atoms with van der Waals surface area (Å²) in [4.78, 5) is 16.3. The predicted molar refractivity (Wildman–Crippen MR) is 94.3 cm³/mol. The lowest BCUT2D eigenvalue weighted by molar-refractivity contribution is -0.888. The number of nitrogens with zero attached hydrogens (tertiary/aromatic N) is 3. The fourth-order valence-corrected chi connectivity index (χ4v) is 3.16. The first-order chi connectivity index (χ1) is 11.6. The van der Waals surface area contributed by atoms with Crippen LogP contribution in [0.25, 0.3) is 10.9 Å². The number of aryl methyl sites for hydroxylation is 1. The number of carbonyl (C=O) groups is 1. The average molecular weight is 326 g/mol. The summed E-state index contributed by atoms with van der Waals surface area (Å²) in [5, 5.41) is 11.2. The molecule has 0 atom stereocenters. The van der Waals surface area contributed by atoms with Crippen molar-refractivity contribution in [1.29, 1.82) is 0 Å². The van der Waals surface area contributed by atoms with Gasteiger partial charge in [-0.15, -0.1) is 0 Å². The molecule has 1 aromatic heterocycles. The van der Waals surface area contributed by atoms with Crippen molar-refractivity contribution in [1.82, 2.24) is 4.90 Å². The molecule has 0 radical (unpaired) electrons. The van der Waals surface area contributed by atoms with Gasteiger partial charge in [-0.3, -0.25) is 10.0 Å². The Kier molecular flexibility index (Phi) is 4.69. The van der Waals surface area contributed by atoms with Gasteiger partial charge in [-0.1, -0.05) is 25.1 Å². The number of hydrogen-bond acceptors (Lipinski definition) is 3. The van der Waals surface area contributed by atoms with E-state index in [0.717, 1.165) is 41.8 Å². The standard InChI is InChI=1S/C19H24N3O2/c1-3-4-9-19(23)21-12-10-20(11-13-21)18-14-15(2)22(24)17-8-6-5-7-16(17)18/h4-9,14,24H,3,10-13H2,1-2H3/q+1/b9-4+. The first-order valence-corrected chi connectivity index (χ1v) is 8.46. The molecule has 1 aliphatic rings. The molecular formula is C19H24N3O2+. The van der Waals surface area contributed by atoms with E-state index in [0.29, 0.717) is 13.1 Å². The maximum absolute atomic E-state index is 12.1. The van der Waals surface area contributed by atoms with E-state index >= 15 is 0 Å². The number of rotatable bonds is 3. The number of para-hydroxylation sites is 1. The zero-order valence-electron chi connectivity index (χ0n) is 14.3. The topological polar surface area (TPSA) is 47.7 Å². The number of carbonyl (C=O) groups excluding carboxylic acids is 1. The summed E-state index contributed by atoms with van der Waals surface area (Å²) >= 11 is 0. The van der Waals surface area contributed by atoms with E-state index in [1.54, 1.807) is 6.08 Å². The van der Waals surface area contributed by atoms with E-state index in [-0.39, 0.29) is 5.91 Å². The molecule has 3 rings (SSSR count). The monoisotopic (exact) mass is 326 g/mol. The fraction of sp³-hybridized carbons (Fsp3) is 0.368. The van der Waals surface area contributed by atoms with Crippen molar-refractivity contribution in [2.75, 3.05) is 31.1 Å². The maximum atomic E-state index is 12.1. The molecule has 2 heterocycles. The largest absolute Gasteiger partial charge is 0.367 e. The SMILES string of the molecule is CC/C=C/C(=O)N1CCN(c2cc(C)[n+](O)c3ccccc23)CC1. The molecule has 24 heavy (non-hydrogen) atoms. The van der Waals surface area contributed by atoms with Gasteiger partial charge in [-0.25, -0.2) is 0 Å². The van der Waals surface area contributed by atoms with E-state index in [1.807, 2.05) is 55.2 Å². The third-order valence-corrected chi connectivity index (χ3v) is 4.52. The first-order valence-electron chi connectivity index (χ1n) is 8.46. The van der Waals surface area contributed by atoms with Crippen LogP contribution in [0, 0.1) is 6.92 Å². The van der Waals surface area contributed by atoms with Gasteiger partial charge in [0.1, 0.15) is 0 Å². The zero-order chi connectivity index (χ0) is 17.1. The second kappa shape index (κ2) is 6.91. The minimum atomic E-state index is 0.0961. The summed E-state index contributed by atoms with van der Waals surface area (Å²) < 4.78 is 1.23. The Bertz CT molecular complexity index is 778. The molecule has 1 aromatic carbocycles. The smallest absolute Gasteiger partial charge is 0.266 e. The highest BCUT2D eigenvalue weighted by atomic mass is 16.5. The Balaban J connectivity index is 1.82. The maximum Gasteiger partial charge on any atom is 0.266 e. The fourth-order valence-electron chi connectivity index (χ4n) is 3.16. The molecule has 2 aromatic rings. The van der Waals surface area contributed by atoms with Gasteiger partial charge in [0.25, 0.3) is 5.52 Å². The minimum absolute atomic E-state index is 0.0961. The summed E-state index contributed by atoms with van der Waals surface area (Å²) in [5.41, 5.74) is 2.72. The van der Waals surface area contributed by atoms with Crippen LogP contribution in [-0.2, 0) is 4.79 Å². The number of pyridine rings is 1. The van der Waals surface area contributed by atoms with Gasteiger partial charge >= 0.3 is 0 Å². The molecule has 0 bridgehead atoms. The number of aromatic nitrogens is 1. The van der Waals surface area contributed by atoms with E-state index in [1.165, 1.54) is 4.73 Å². The van der Waals surface area contributed by atoms with Gasteiger partial charge in [0.05, 0.1) is 11.1 Å². The van der Waals surface area contributed by atoms with Crippen LogP contribution in [0.5, 0.6) is 0 Å². The number of hydrogen-bond donors (Lipinski definition) is 1. The highest BCUT2D eigenvalue weighted by Crippen LogP contribution is 2.26. The molecule has 1 aliphatic heterocycles. The number of anilines is 1. The molecule has 0 unspecified atom stereocenters. The Morgan fingerprint density at radius 3 is 2.67 bits per heavy atom. The molecule has 0 spiro atoms. The van der Waals surface area contributed by atoms with Crippen molar-refractivity contribution < 1.29 is 14.7 Å². The van der Waals surface area contributed by atoms with Crippen LogP contribution in [0.1, 0.15) is 19.0 Å². The van der Waals surface area contributed by atoms with Gasteiger partial charge in [-0.05, 0) is 18.6 Å². The van der Waals surface area contributed by atoms with Crippen LogP contribution >= 0.6 is 0 Å². The Labute approximate surface area is 142 Å². The van der Waals surface area contributed by atoms with Crippen LogP contribution in [0.3, 0.4) is 0 Å². The molecule has 5 nitrogen and oxygen atoms in total. The molecule has 0 saturated carbocycles. The number of benzene rings is 1. The van der Waals surface area contributed by atoms with Crippen molar-refractivity contribution in [2.45, 2.75) is 20.3 Å².